The third-order valence-electron chi connectivity index (χ3n) is 5.11. The Labute approximate surface area is 185 Å². The number of hydrogen-bond donors (Lipinski definition) is 0. The van der Waals surface area contributed by atoms with Gasteiger partial charge in [0.05, 0.1) is 18.1 Å². The highest BCUT2D eigenvalue weighted by atomic mass is 32.2. The highest BCUT2D eigenvalue weighted by molar-refractivity contribution is 7.99. The number of carbonyl (C=O) groups excluding carboxylic acids is 1. The van der Waals surface area contributed by atoms with E-state index < -0.39 is 0 Å². The van der Waals surface area contributed by atoms with Gasteiger partial charge in [-0.25, -0.2) is 0 Å². The predicted octanol–water partition coefficient (Wildman–Crippen LogP) is 4.90. The highest BCUT2D eigenvalue weighted by Crippen LogP contribution is 2.29. The van der Waals surface area contributed by atoms with Crippen molar-refractivity contribution in [3.63, 3.8) is 0 Å². The molecule has 0 N–H and O–H groups in total. The van der Waals surface area contributed by atoms with Gasteiger partial charge in [0.15, 0.2) is 16.7 Å². The largest absolute Gasteiger partial charge is 0.461 e. The van der Waals surface area contributed by atoms with Crippen molar-refractivity contribution < 1.29 is 9.21 Å². The number of rotatable bonds is 8. The number of carbonyl (C=O) groups is 1. The second kappa shape index (κ2) is 9.66. The van der Waals surface area contributed by atoms with Crippen LogP contribution in [0.1, 0.15) is 24.1 Å². The molecule has 6 nitrogen and oxygen atoms in total. The van der Waals surface area contributed by atoms with Crippen LogP contribution in [0.2, 0.25) is 0 Å². The normalized spacial score (nSPS) is 11.1. The molecule has 0 aliphatic heterocycles. The van der Waals surface area contributed by atoms with Gasteiger partial charge in [0, 0.05) is 13.6 Å². The monoisotopic (exact) mass is 432 g/mol. The molecule has 4 rings (SSSR count). The van der Waals surface area contributed by atoms with Gasteiger partial charge in [0.2, 0.25) is 5.91 Å². The van der Waals surface area contributed by atoms with Crippen molar-refractivity contribution in [3.8, 4) is 11.6 Å². The van der Waals surface area contributed by atoms with Crippen LogP contribution in [0.5, 0.6) is 0 Å². The molecule has 0 spiro atoms. The van der Waals surface area contributed by atoms with Crippen LogP contribution in [0.15, 0.2) is 88.6 Å². The standard InChI is InChI=1S/C24H24N4O2S/c1-3-28-23(20-15-10-16-30-20)25-26-24(28)31-17-21(29)27(2)22(18-11-6-4-7-12-18)19-13-8-5-9-14-19/h4-16,22H,3,17H2,1-2H3. The van der Waals surface area contributed by atoms with Crippen molar-refractivity contribution in [2.24, 2.45) is 0 Å². The van der Waals surface area contributed by atoms with Crippen molar-refractivity contribution in [2.45, 2.75) is 24.7 Å². The zero-order chi connectivity index (χ0) is 21.6. The van der Waals surface area contributed by atoms with E-state index in [2.05, 4.69) is 34.5 Å². The van der Waals surface area contributed by atoms with Crippen molar-refractivity contribution >= 4 is 17.7 Å². The lowest BCUT2D eigenvalue weighted by molar-refractivity contribution is -0.128. The quantitative estimate of drug-likeness (QED) is 0.371. The van der Waals surface area contributed by atoms with E-state index >= 15 is 0 Å². The van der Waals surface area contributed by atoms with Crippen molar-refractivity contribution in [2.75, 3.05) is 12.8 Å². The lowest BCUT2D eigenvalue weighted by Gasteiger charge is -2.29. The first-order valence-corrected chi connectivity index (χ1v) is 11.1. The number of amides is 1. The smallest absolute Gasteiger partial charge is 0.233 e. The van der Waals surface area contributed by atoms with Crippen molar-refractivity contribution in [1.29, 1.82) is 0 Å². The molecule has 2 aromatic heterocycles. The van der Waals surface area contributed by atoms with Gasteiger partial charge in [0.25, 0.3) is 0 Å². The maximum atomic E-state index is 13.2. The lowest BCUT2D eigenvalue weighted by atomic mass is 9.97. The molecule has 0 radical (unpaired) electrons. The molecule has 1 amide bonds. The topological polar surface area (TPSA) is 64.2 Å². The summed E-state index contributed by atoms with van der Waals surface area (Å²) in [4.78, 5) is 15.0. The third kappa shape index (κ3) is 4.56. The van der Waals surface area contributed by atoms with Gasteiger partial charge in [-0.2, -0.15) is 0 Å². The van der Waals surface area contributed by atoms with E-state index in [4.69, 9.17) is 4.42 Å². The van der Waals surface area contributed by atoms with Crippen LogP contribution >= 0.6 is 11.8 Å². The molecule has 158 valence electrons. The van der Waals surface area contributed by atoms with Crippen LogP contribution in [0, 0.1) is 0 Å². The first-order chi connectivity index (χ1) is 15.2. The van der Waals surface area contributed by atoms with Crippen LogP contribution in [-0.4, -0.2) is 38.4 Å². The molecule has 0 aliphatic carbocycles. The van der Waals surface area contributed by atoms with E-state index in [-0.39, 0.29) is 17.7 Å². The minimum absolute atomic E-state index is 0.0212. The Kier molecular flexibility index (Phi) is 6.52. The van der Waals surface area contributed by atoms with Gasteiger partial charge >= 0.3 is 0 Å². The highest BCUT2D eigenvalue weighted by Gasteiger charge is 2.24. The van der Waals surface area contributed by atoms with E-state index in [1.165, 1.54) is 11.8 Å². The van der Waals surface area contributed by atoms with Crippen LogP contribution in [0.4, 0.5) is 0 Å². The predicted molar refractivity (Wildman–Crippen MR) is 122 cm³/mol. The summed E-state index contributed by atoms with van der Waals surface area (Å²) >= 11 is 1.39. The molecular weight excluding hydrogens is 408 g/mol. The molecule has 0 aliphatic rings. The van der Waals surface area contributed by atoms with Gasteiger partial charge in [0.1, 0.15) is 0 Å². The molecule has 0 fully saturated rings. The molecular formula is C24H24N4O2S. The summed E-state index contributed by atoms with van der Waals surface area (Å²) in [5, 5.41) is 9.24. The van der Waals surface area contributed by atoms with Gasteiger partial charge in [-0.05, 0) is 30.2 Å². The second-order valence-electron chi connectivity index (χ2n) is 7.04. The summed E-state index contributed by atoms with van der Waals surface area (Å²) in [6.45, 7) is 2.71. The summed E-state index contributed by atoms with van der Waals surface area (Å²) in [5.41, 5.74) is 2.15. The van der Waals surface area contributed by atoms with Crippen molar-refractivity contribution in [1.82, 2.24) is 19.7 Å². The summed E-state index contributed by atoms with van der Waals surface area (Å²) in [6, 6.07) is 23.7. The van der Waals surface area contributed by atoms with Gasteiger partial charge in [-0.15, -0.1) is 10.2 Å². The molecule has 0 saturated heterocycles. The van der Waals surface area contributed by atoms with Crippen LogP contribution < -0.4 is 0 Å². The first kappa shape index (κ1) is 20.9. The molecule has 7 heteroatoms. The molecule has 2 aromatic carbocycles. The summed E-state index contributed by atoms with van der Waals surface area (Å²) in [5.74, 6) is 1.62. The summed E-state index contributed by atoms with van der Waals surface area (Å²) in [7, 11) is 1.85. The Hall–Kier alpha value is -3.32. The fraction of sp³-hybridized carbons (Fsp3) is 0.208. The Bertz CT molecular complexity index is 1070. The molecule has 0 unspecified atom stereocenters. The van der Waals surface area contributed by atoms with Gasteiger partial charge in [-0.1, -0.05) is 72.4 Å². The van der Waals surface area contributed by atoms with E-state index in [1.54, 1.807) is 11.2 Å². The molecule has 0 atom stereocenters. The zero-order valence-electron chi connectivity index (χ0n) is 17.5. The Balaban J connectivity index is 1.52. The van der Waals surface area contributed by atoms with Crippen LogP contribution in [0.25, 0.3) is 11.6 Å². The number of hydrogen-bond acceptors (Lipinski definition) is 5. The first-order valence-electron chi connectivity index (χ1n) is 10.1. The zero-order valence-corrected chi connectivity index (χ0v) is 18.3. The maximum absolute atomic E-state index is 13.2. The molecule has 0 bridgehead atoms. The average molecular weight is 433 g/mol. The van der Waals surface area contributed by atoms with Gasteiger partial charge < -0.3 is 9.32 Å². The summed E-state index contributed by atoms with van der Waals surface area (Å²) < 4.78 is 7.42. The van der Waals surface area contributed by atoms with Crippen LogP contribution in [0.3, 0.4) is 0 Å². The third-order valence-corrected chi connectivity index (χ3v) is 6.06. The number of benzene rings is 2. The fourth-order valence-electron chi connectivity index (χ4n) is 3.55. The molecule has 4 aromatic rings. The van der Waals surface area contributed by atoms with Gasteiger partial charge in [-0.3, -0.25) is 9.36 Å². The number of nitrogens with zero attached hydrogens (tertiary/aromatic N) is 4. The molecule has 31 heavy (non-hydrogen) atoms. The fourth-order valence-corrected chi connectivity index (χ4v) is 4.48. The van der Waals surface area contributed by atoms with E-state index in [0.717, 1.165) is 11.1 Å². The minimum Gasteiger partial charge on any atom is -0.461 e. The molecule has 2 heterocycles. The Morgan fingerprint density at radius 3 is 2.19 bits per heavy atom. The summed E-state index contributed by atoms with van der Waals surface area (Å²) in [6.07, 6.45) is 1.61. The lowest BCUT2D eigenvalue weighted by Crippen LogP contribution is -2.33. The number of furan rings is 1. The second-order valence-corrected chi connectivity index (χ2v) is 7.99. The Morgan fingerprint density at radius 1 is 1.00 bits per heavy atom. The van der Waals surface area contributed by atoms with E-state index in [9.17, 15) is 4.79 Å². The average Bonchev–Trinajstić information content (AvgIpc) is 3.48. The van der Waals surface area contributed by atoms with E-state index in [1.807, 2.05) is 67.1 Å². The Morgan fingerprint density at radius 2 is 1.65 bits per heavy atom. The number of thioether (sulfide) groups is 1. The van der Waals surface area contributed by atoms with Crippen LogP contribution in [-0.2, 0) is 11.3 Å². The van der Waals surface area contributed by atoms with Crippen molar-refractivity contribution in [3.05, 3.63) is 90.2 Å². The van der Waals surface area contributed by atoms with E-state index in [0.29, 0.717) is 23.3 Å². The SMILES string of the molecule is CCn1c(SCC(=O)N(C)C(c2ccccc2)c2ccccc2)nnc1-c1ccco1. The number of aromatic nitrogens is 3. The molecule has 0 saturated carbocycles. The minimum atomic E-state index is -0.154. The maximum Gasteiger partial charge on any atom is 0.233 e.